The van der Waals surface area contributed by atoms with Gasteiger partial charge in [-0.2, -0.15) is 0 Å². The smallest absolute Gasteiger partial charge is 0.406 e. The number of alkyl halides is 3. The summed E-state index contributed by atoms with van der Waals surface area (Å²) in [5, 5.41) is 2.92. The molecule has 2 aromatic carbocycles. The summed E-state index contributed by atoms with van der Waals surface area (Å²) < 4.78 is 40.8. The van der Waals surface area contributed by atoms with Gasteiger partial charge in [0.15, 0.2) is 11.6 Å². The number of piperidine rings is 1. The summed E-state index contributed by atoms with van der Waals surface area (Å²) in [6.07, 6.45) is -3.56. The molecular weight excluding hydrogens is 425 g/mol. The fourth-order valence-corrected chi connectivity index (χ4v) is 3.66. The van der Waals surface area contributed by atoms with E-state index in [0.717, 1.165) is 5.56 Å². The molecule has 2 aliphatic heterocycles. The summed E-state index contributed by atoms with van der Waals surface area (Å²) in [7, 11) is 0. The van der Waals surface area contributed by atoms with Crippen LogP contribution in [-0.4, -0.2) is 48.4 Å². The number of ether oxygens (including phenoxy) is 1. The highest BCUT2D eigenvalue weighted by Crippen LogP contribution is 2.31. The Morgan fingerprint density at radius 3 is 2.47 bits per heavy atom. The molecule has 1 saturated heterocycles. The Hall–Kier alpha value is -3.11. The van der Waals surface area contributed by atoms with E-state index in [-0.39, 0.29) is 11.7 Å². The van der Waals surface area contributed by atoms with Crippen molar-refractivity contribution in [1.82, 2.24) is 15.7 Å². The van der Waals surface area contributed by atoms with Gasteiger partial charge in [0.2, 0.25) is 5.91 Å². The Morgan fingerprint density at radius 1 is 1.12 bits per heavy atom. The van der Waals surface area contributed by atoms with Crippen LogP contribution in [-0.2, 0) is 16.2 Å². The Morgan fingerprint density at radius 2 is 1.81 bits per heavy atom. The zero-order valence-corrected chi connectivity index (χ0v) is 17.2. The van der Waals surface area contributed by atoms with Gasteiger partial charge in [0.25, 0.3) is 0 Å². The topological polar surface area (TPSA) is 75.2 Å². The van der Waals surface area contributed by atoms with Gasteiger partial charge in [-0.05, 0) is 29.8 Å². The lowest BCUT2D eigenvalue weighted by Gasteiger charge is -2.35. The normalized spacial score (nSPS) is 18.2. The van der Waals surface area contributed by atoms with Crippen LogP contribution in [0.3, 0.4) is 0 Å². The first kappa shape index (κ1) is 22.1. The Bertz CT molecular complexity index is 957. The Kier molecular flexibility index (Phi) is 6.33. The van der Waals surface area contributed by atoms with Crippen molar-refractivity contribution in [2.75, 3.05) is 19.6 Å². The first-order valence-electron chi connectivity index (χ1n) is 10.2. The predicted molar refractivity (Wildman–Crippen MR) is 111 cm³/mol. The third-order valence-corrected chi connectivity index (χ3v) is 5.35. The van der Waals surface area contributed by atoms with E-state index < -0.39 is 12.1 Å². The number of nitrogens with zero attached hydrogens (tertiary/aromatic N) is 2. The van der Waals surface area contributed by atoms with Crippen molar-refractivity contribution in [2.45, 2.75) is 31.5 Å². The third kappa shape index (κ3) is 5.77. The maximum Gasteiger partial charge on any atom is 0.573 e. The van der Waals surface area contributed by atoms with Crippen molar-refractivity contribution in [2.24, 2.45) is 4.99 Å². The summed E-state index contributed by atoms with van der Waals surface area (Å²) >= 11 is 0. The van der Waals surface area contributed by atoms with Crippen LogP contribution in [0.15, 0.2) is 59.6 Å². The van der Waals surface area contributed by atoms with Crippen LogP contribution in [0.1, 0.15) is 24.0 Å². The number of hydrogen-bond acceptors (Lipinski definition) is 6. The molecule has 2 aromatic rings. The van der Waals surface area contributed by atoms with Crippen LogP contribution in [0.25, 0.3) is 0 Å². The van der Waals surface area contributed by atoms with Gasteiger partial charge < -0.3 is 10.1 Å². The summed E-state index contributed by atoms with van der Waals surface area (Å²) in [6, 6.07) is 15.2. The molecule has 0 unspecified atom stereocenters. The average molecular weight is 448 g/mol. The highest BCUT2D eigenvalue weighted by Gasteiger charge is 2.40. The van der Waals surface area contributed by atoms with Crippen molar-refractivity contribution in [3.8, 4) is 5.75 Å². The molecular formula is C22H23F3N4O3. The summed E-state index contributed by atoms with van der Waals surface area (Å²) in [5.41, 5.74) is 3.68. The molecule has 1 amide bonds. The van der Waals surface area contributed by atoms with Crippen LogP contribution >= 0.6 is 0 Å². The van der Waals surface area contributed by atoms with E-state index >= 15 is 0 Å². The van der Waals surface area contributed by atoms with E-state index in [1.165, 1.54) is 24.3 Å². The van der Waals surface area contributed by atoms with E-state index in [4.69, 9.17) is 4.84 Å². The third-order valence-electron chi connectivity index (χ3n) is 5.35. The minimum atomic E-state index is -4.73. The molecule has 1 spiro atoms. The average Bonchev–Trinajstić information content (AvgIpc) is 3.18. The van der Waals surface area contributed by atoms with E-state index in [2.05, 4.69) is 20.5 Å². The first-order chi connectivity index (χ1) is 15.3. The maximum atomic E-state index is 12.3. The van der Waals surface area contributed by atoms with Crippen LogP contribution in [0, 0.1) is 0 Å². The first-order valence-corrected chi connectivity index (χ1v) is 10.2. The maximum absolute atomic E-state index is 12.3. The number of likely N-dealkylation sites (tertiary alicyclic amines) is 1. The standard InChI is InChI=1S/C22H23F3N4O3/c23-22(24,25)31-18-8-6-17(7-9-18)20-27-21(32-28-20)10-12-29(13-11-21)15-19(30)26-14-16-4-2-1-3-5-16/h1-9H,10-15H2,(H,26,30)(H,27,28). The highest BCUT2D eigenvalue weighted by atomic mass is 19.4. The molecule has 0 radical (unpaired) electrons. The lowest BCUT2D eigenvalue weighted by molar-refractivity contribution is -0.274. The molecule has 0 bridgehead atoms. The quantitative estimate of drug-likeness (QED) is 0.711. The van der Waals surface area contributed by atoms with Crippen molar-refractivity contribution < 1.29 is 27.5 Å². The predicted octanol–water partition coefficient (Wildman–Crippen LogP) is 2.98. The lowest BCUT2D eigenvalue weighted by Crippen LogP contribution is -2.47. The van der Waals surface area contributed by atoms with Gasteiger partial charge in [0, 0.05) is 38.0 Å². The Labute approximate surface area is 183 Å². The second-order valence-electron chi connectivity index (χ2n) is 7.72. The van der Waals surface area contributed by atoms with E-state index in [1.54, 1.807) is 0 Å². The Balaban J connectivity index is 1.27. The molecule has 170 valence electrons. The molecule has 10 heteroatoms. The number of amidine groups is 1. The fourth-order valence-electron chi connectivity index (χ4n) is 3.66. The van der Waals surface area contributed by atoms with Gasteiger partial charge in [-0.25, -0.2) is 15.3 Å². The molecule has 0 aromatic heterocycles. The van der Waals surface area contributed by atoms with Crippen LogP contribution < -0.4 is 15.5 Å². The molecule has 2 aliphatic rings. The van der Waals surface area contributed by atoms with Crippen molar-refractivity contribution in [3.05, 3.63) is 65.7 Å². The van der Waals surface area contributed by atoms with Gasteiger partial charge in [-0.15, -0.1) is 13.2 Å². The summed E-state index contributed by atoms with van der Waals surface area (Å²) in [5.74, 6) is 0.118. The second-order valence-corrected chi connectivity index (χ2v) is 7.72. The van der Waals surface area contributed by atoms with E-state index in [0.29, 0.717) is 50.4 Å². The number of rotatable bonds is 6. The largest absolute Gasteiger partial charge is 0.573 e. The fraction of sp³-hybridized carbons (Fsp3) is 0.364. The summed E-state index contributed by atoms with van der Waals surface area (Å²) in [6.45, 7) is 2.06. The van der Waals surface area contributed by atoms with Gasteiger partial charge in [0.05, 0.1) is 6.54 Å². The zero-order valence-electron chi connectivity index (χ0n) is 17.2. The molecule has 0 saturated carbocycles. The number of halogens is 3. The number of nitrogens with one attached hydrogen (secondary N) is 2. The molecule has 7 nitrogen and oxygen atoms in total. The molecule has 32 heavy (non-hydrogen) atoms. The number of aliphatic imine (C=N–C) groups is 1. The molecule has 0 atom stereocenters. The molecule has 2 heterocycles. The van der Waals surface area contributed by atoms with Crippen molar-refractivity contribution >= 4 is 11.7 Å². The molecule has 1 fully saturated rings. The molecule has 4 rings (SSSR count). The molecule has 2 N–H and O–H groups in total. The van der Waals surface area contributed by atoms with Crippen molar-refractivity contribution in [1.29, 1.82) is 0 Å². The number of hydrogen-bond donors (Lipinski definition) is 2. The number of benzene rings is 2. The number of hydroxylamine groups is 1. The van der Waals surface area contributed by atoms with Crippen LogP contribution in [0.2, 0.25) is 0 Å². The number of carbonyl (C=O) groups is 1. The minimum Gasteiger partial charge on any atom is -0.406 e. The second kappa shape index (κ2) is 9.17. The lowest BCUT2D eigenvalue weighted by atomic mass is 10.0. The van der Waals surface area contributed by atoms with E-state index in [1.807, 2.05) is 35.2 Å². The van der Waals surface area contributed by atoms with Gasteiger partial charge in [-0.3, -0.25) is 9.69 Å². The highest BCUT2D eigenvalue weighted by molar-refractivity contribution is 5.99. The minimum absolute atomic E-state index is 0.0411. The van der Waals surface area contributed by atoms with Crippen LogP contribution in [0.5, 0.6) is 5.75 Å². The molecule has 0 aliphatic carbocycles. The van der Waals surface area contributed by atoms with E-state index in [9.17, 15) is 18.0 Å². The summed E-state index contributed by atoms with van der Waals surface area (Å²) in [4.78, 5) is 24.7. The monoisotopic (exact) mass is 448 g/mol. The zero-order chi connectivity index (χ0) is 22.6. The van der Waals surface area contributed by atoms with Crippen molar-refractivity contribution in [3.63, 3.8) is 0 Å². The SMILES string of the molecule is O=C(CN1CCC2(CC1)N=C(c1ccc(OC(F)(F)F)cc1)NO2)NCc1ccccc1. The number of carbonyl (C=O) groups excluding carboxylic acids is 1. The van der Waals surface area contributed by atoms with Gasteiger partial charge in [0.1, 0.15) is 5.75 Å². The van der Waals surface area contributed by atoms with Gasteiger partial charge in [-0.1, -0.05) is 30.3 Å². The van der Waals surface area contributed by atoms with Gasteiger partial charge >= 0.3 is 6.36 Å². The van der Waals surface area contributed by atoms with Crippen LogP contribution in [0.4, 0.5) is 13.2 Å². The number of amides is 1.